The van der Waals surface area contributed by atoms with Gasteiger partial charge in [0.2, 0.25) is 5.91 Å². The van der Waals surface area contributed by atoms with Crippen molar-refractivity contribution < 1.29 is 18.7 Å². The molecule has 3 atom stereocenters. The zero-order chi connectivity index (χ0) is 30.3. The van der Waals surface area contributed by atoms with E-state index < -0.39 is 0 Å². The Morgan fingerprint density at radius 1 is 1.21 bits per heavy atom. The highest BCUT2D eigenvalue weighted by molar-refractivity contribution is 5.97. The summed E-state index contributed by atoms with van der Waals surface area (Å²) >= 11 is 0. The zero-order valence-electron chi connectivity index (χ0n) is 26.0. The number of carbonyl (C=O) groups is 1. The van der Waals surface area contributed by atoms with Crippen LogP contribution in [0.25, 0.3) is 5.65 Å². The van der Waals surface area contributed by atoms with Gasteiger partial charge in [-0.05, 0) is 37.6 Å². The molecule has 43 heavy (non-hydrogen) atoms. The van der Waals surface area contributed by atoms with Crippen LogP contribution in [0.3, 0.4) is 0 Å². The maximum atomic E-state index is 14.2. The SMILES string of the molecule is COCc1nc2c(Cc3ccc(F)cc3)cc3c(n2n1)C(C)(C)CN3C(=O)CN1C[C@@H](C)NC[C@@H]1CN1CCOC[C@H]1C. The van der Waals surface area contributed by atoms with Crippen LogP contribution in [0.1, 0.15) is 50.3 Å². The van der Waals surface area contributed by atoms with Crippen molar-refractivity contribution in [3.8, 4) is 0 Å². The Balaban J connectivity index is 1.32. The van der Waals surface area contributed by atoms with E-state index in [2.05, 4.69) is 48.9 Å². The van der Waals surface area contributed by atoms with Gasteiger partial charge < -0.3 is 19.7 Å². The first-order chi connectivity index (χ1) is 20.6. The molecule has 6 rings (SSSR count). The third kappa shape index (κ3) is 6.19. The van der Waals surface area contributed by atoms with Gasteiger partial charge in [0, 0.05) is 75.4 Å². The van der Waals surface area contributed by atoms with Gasteiger partial charge in [-0.2, -0.15) is 0 Å². The lowest BCUT2D eigenvalue weighted by molar-refractivity contribution is -0.121. The van der Waals surface area contributed by atoms with Crippen molar-refractivity contribution in [1.29, 1.82) is 0 Å². The number of anilines is 1. The van der Waals surface area contributed by atoms with Gasteiger partial charge in [-0.3, -0.25) is 14.6 Å². The first-order valence-electron chi connectivity index (χ1n) is 15.4. The fourth-order valence-corrected chi connectivity index (χ4v) is 6.85. The second-order valence-electron chi connectivity index (χ2n) is 13.1. The summed E-state index contributed by atoms with van der Waals surface area (Å²) in [5, 5.41) is 8.47. The summed E-state index contributed by atoms with van der Waals surface area (Å²) in [4.78, 5) is 25.9. The number of hydrogen-bond acceptors (Lipinski definition) is 8. The van der Waals surface area contributed by atoms with Crippen LogP contribution >= 0.6 is 0 Å². The van der Waals surface area contributed by atoms with Gasteiger partial charge in [0.1, 0.15) is 12.4 Å². The van der Waals surface area contributed by atoms with E-state index in [0.717, 1.165) is 67.5 Å². The number of pyridine rings is 1. The Kier molecular flexibility index (Phi) is 8.54. The molecule has 1 N–H and O–H groups in total. The van der Waals surface area contributed by atoms with Gasteiger partial charge in [-0.1, -0.05) is 26.0 Å². The van der Waals surface area contributed by atoms with Crippen LogP contribution in [-0.2, 0) is 32.7 Å². The van der Waals surface area contributed by atoms with Crippen molar-refractivity contribution >= 4 is 17.2 Å². The Morgan fingerprint density at radius 3 is 2.74 bits per heavy atom. The number of carbonyl (C=O) groups excluding carboxylic acids is 1. The molecule has 5 heterocycles. The predicted molar refractivity (Wildman–Crippen MR) is 163 cm³/mol. The van der Waals surface area contributed by atoms with Crippen molar-refractivity contribution in [3.05, 3.63) is 58.8 Å². The van der Waals surface area contributed by atoms with E-state index in [0.29, 0.717) is 44.0 Å². The predicted octanol–water partition coefficient (Wildman–Crippen LogP) is 2.61. The monoisotopic (exact) mass is 593 g/mol. The number of aromatic nitrogens is 3. The number of nitrogens with one attached hydrogen (secondary N) is 1. The van der Waals surface area contributed by atoms with E-state index >= 15 is 0 Å². The van der Waals surface area contributed by atoms with Crippen molar-refractivity contribution in [1.82, 2.24) is 29.7 Å². The van der Waals surface area contributed by atoms with E-state index in [4.69, 9.17) is 19.6 Å². The molecule has 2 aromatic heterocycles. The van der Waals surface area contributed by atoms with Crippen LogP contribution < -0.4 is 10.2 Å². The van der Waals surface area contributed by atoms with Gasteiger partial charge in [-0.25, -0.2) is 13.9 Å². The Labute approximate surface area is 253 Å². The molecule has 10 nitrogen and oxygen atoms in total. The van der Waals surface area contributed by atoms with Crippen LogP contribution in [0.15, 0.2) is 30.3 Å². The molecule has 2 saturated heterocycles. The topological polar surface area (TPSA) is 87.5 Å². The number of benzene rings is 1. The quantitative estimate of drug-likeness (QED) is 0.427. The van der Waals surface area contributed by atoms with Gasteiger partial charge in [0.15, 0.2) is 11.5 Å². The van der Waals surface area contributed by atoms with E-state index in [1.54, 1.807) is 19.2 Å². The van der Waals surface area contributed by atoms with Crippen LogP contribution in [0, 0.1) is 5.82 Å². The number of fused-ring (bicyclic) bond motifs is 3. The van der Waals surface area contributed by atoms with Crippen LogP contribution in [0.4, 0.5) is 10.1 Å². The fraction of sp³-hybridized carbons (Fsp3) is 0.594. The number of nitrogens with zero attached hydrogens (tertiary/aromatic N) is 6. The smallest absolute Gasteiger partial charge is 0.241 e. The minimum absolute atomic E-state index is 0.0882. The summed E-state index contributed by atoms with van der Waals surface area (Å²) in [6.07, 6.45) is 0.541. The van der Waals surface area contributed by atoms with Crippen LogP contribution in [0.5, 0.6) is 0 Å². The molecule has 0 aliphatic carbocycles. The molecule has 0 bridgehead atoms. The molecule has 11 heteroatoms. The van der Waals surface area contributed by atoms with Gasteiger partial charge >= 0.3 is 0 Å². The molecular formula is C32H44FN7O3. The molecular weight excluding hydrogens is 549 g/mol. The molecule has 0 saturated carbocycles. The second kappa shape index (κ2) is 12.2. The minimum atomic E-state index is -0.338. The number of piperazine rings is 1. The molecule has 1 aromatic carbocycles. The fourth-order valence-electron chi connectivity index (χ4n) is 6.85. The lowest BCUT2D eigenvalue weighted by Gasteiger charge is -2.43. The Bertz CT molecular complexity index is 1460. The lowest BCUT2D eigenvalue weighted by atomic mass is 9.90. The third-order valence-corrected chi connectivity index (χ3v) is 9.09. The zero-order valence-corrected chi connectivity index (χ0v) is 26.0. The summed E-state index contributed by atoms with van der Waals surface area (Å²) in [5.74, 6) is 0.409. The number of amides is 1. The summed E-state index contributed by atoms with van der Waals surface area (Å²) in [7, 11) is 1.63. The summed E-state index contributed by atoms with van der Waals surface area (Å²) in [6.45, 7) is 14.9. The molecule has 0 unspecified atom stereocenters. The summed E-state index contributed by atoms with van der Waals surface area (Å²) in [5.41, 5.74) is 4.15. The number of hydrogen-bond donors (Lipinski definition) is 1. The second-order valence-corrected chi connectivity index (χ2v) is 13.1. The molecule has 2 fully saturated rings. The van der Waals surface area contributed by atoms with Crippen molar-refractivity contribution in [2.24, 2.45) is 0 Å². The number of ether oxygens (including phenoxy) is 2. The molecule has 0 spiro atoms. The average molecular weight is 594 g/mol. The van der Waals surface area contributed by atoms with Gasteiger partial charge in [0.25, 0.3) is 0 Å². The lowest BCUT2D eigenvalue weighted by Crippen LogP contribution is -2.62. The maximum Gasteiger partial charge on any atom is 0.241 e. The molecule has 232 valence electrons. The summed E-state index contributed by atoms with van der Waals surface area (Å²) in [6, 6.07) is 9.54. The third-order valence-electron chi connectivity index (χ3n) is 9.09. The van der Waals surface area contributed by atoms with Gasteiger partial charge in [-0.15, -0.1) is 5.10 Å². The maximum absolute atomic E-state index is 14.2. The van der Waals surface area contributed by atoms with Crippen LogP contribution in [0.2, 0.25) is 0 Å². The highest BCUT2D eigenvalue weighted by atomic mass is 19.1. The van der Waals surface area contributed by atoms with E-state index in [-0.39, 0.29) is 23.2 Å². The number of rotatable bonds is 8. The Morgan fingerprint density at radius 2 is 2.00 bits per heavy atom. The van der Waals surface area contributed by atoms with Gasteiger partial charge in [0.05, 0.1) is 31.1 Å². The molecule has 1 amide bonds. The van der Waals surface area contributed by atoms with Crippen LogP contribution in [-0.4, -0.2) is 108 Å². The Hall–Kier alpha value is -2.96. The molecule has 0 radical (unpaired) electrons. The normalized spacial score (nSPS) is 24.5. The molecule has 3 aliphatic heterocycles. The highest BCUT2D eigenvalue weighted by Gasteiger charge is 2.42. The standard InChI is InChI=1S/C32H44FN7O3/c1-21-15-38(26(14-34-21)16-37-10-11-43-18-22(37)2)17-29(41)39-20-32(3,4)30-27(39)13-24(12-23-6-8-25(33)9-7-23)31-35-28(19-42-5)36-40(30)31/h6-9,13,21-22,26,34H,10-12,14-20H2,1-5H3/t21-,22-,26-/m1/s1. The van der Waals surface area contributed by atoms with Crippen molar-refractivity contribution in [2.45, 2.75) is 64.3 Å². The van der Waals surface area contributed by atoms with E-state index in [1.165, 1.54) is 12.1 Å². The number of methoxy groups -OCH3 is 1. The molecule has 3 aromatic rings. The van der Waals surface area contributed by atoms with E-state index in [9.17, 15) is 9.18 Å². The average Bonchev–Trinajstić information content (AvgIpc) is 3.50. The largest absolute Gasteiger partial charge is 0.379 e. The van der Waals surface area contributed by atoms with Crippen molar-refractivity contribution in [3.63, 3.8) is 0 Å². The molecule has 3 aliphatic rings. The number of halogens is 1. The first-order valence-corrected chi connectivity index (χ1v) is 15.4. The number of morpholine rings is 1. The van der Waals surface area contributed by atoms with E-state index in [1.807, 2.05) is 9.42 Å². The minimum Gasteiger partial charge on any atom is -0.379 e. The van der Waals surface area contributed by atoms with Crippen molar-refractivity contribution in [2.75, 3.05) is 64.5 Å². The first kappa shape index (κ1) is 30.1. The summed E-state index contributed by atoms with van der Waals surface area (Å²) < 4.78 is 26.6. The highest BCUT2D eigenvalue weighted by Crippen LogP contribution is 2.42.